The third kappa shape index (κ3) is 2.04. The second-order valence-corrected chi connectivity index (χ2v) is 3.82. The summed E-state index contributed by atoms with van der Waals surface area (Å²) in [5, 5.41) is 0. The third-order valence-corrected chi connectivity index (χ3v) is 2.47. The summed E-state index contributed by atoms with van der Waals surface area (Å²) in [5.41, 5.74) is 1.26. The van der Waals surface area contributed by atoms with E-state index in [1.165, 1.54) is 5.56 Å². The van der Waals surface area contributed by atoms with E-state index in [1.807, 2.05) is 12.3 Å². The topological polar surface area (TPSA) is 25.4 Å². The fourth-order valence-corrected chi connectivity index (χ4v) is 1.72. The zero-order valence-corrected chi connectivity index (χ0v) is 8.73. The Morgan fingerprint density at radius 2 is 2.43 bits per heavy atom. The van der Waals surface area contributed by atoms with Gasteiger partial charge in [0.25, 0.3) is 0 Å². The van der Waals surface area contributed by atoms with Gasteiger partial charge in [-0.05, 0) is 31.5 Å². The number of aromatic nitrogens is 1. The normalized spacial score (nSPS) is 22.4. The van der Waals surface area contributed by atoms with Crippen LogP contribution in [-0.2, 0) is 4.74 Å². The predicted molar refractivity (Wildman–Crippen MR) is 56.6 cm³/mol. The van der Waals surface area contributed by atoms with Crippen molar-refractivity contribution in [2.24, 2.45) is 0 Å². The molecule has 1 aliphatic heterocycles. The third-order valence-electron chi connectivity index (χ3n) is 2.47. The fraction of sp³-hybridized carbons (Fsp3) is 0.545. The number of ether oxygens (including phenoxy) is 1. The maximum absolute atomic E-state index is 5.49. The molecule has 2 rings (SSSR count). The number of hydrogen-bond donors (Lipinski definition) is 0. The SMILES string of the molecule is Cc1ccnc(N2CCOC(C)C2)c1. The molecule has 76 valence electrons. The van der Waals surface area contributed by atoms with E-state index >= 15 is 0 Å². The van der Waals surface area contributed by atoms with Gasteiger partial charge in [0.05, 0.1) is 12.7 Å². The summed E-state index contributed by atoms with van der Waals surface area (Å²) in [6.45, 7) is 6.88. The minimum Gasteiger partial charge on any atom is -0.375 e. The van der Waals surface area contributed by atoms with Crippen LogP contribution in [0.1, 0.15) is 12.5 Å². The van der Waals surface area contributed by atoms with E-state index in [1.54, 1.807) is 0 Å². The first-order chi connectivity index (χ1) is 6.75. The lowest BCUT2D eigenvalue weighted by Crippen LogP contribution is -2.41. The molecule has 0 aliphatic carbocycles. The Kier molecular flexibility index (Phi) is 2.68. The Hall–Kier alpha value is -1.09. The Morgan fingerprint density at radius 3 is 3.14 bits per heavy atom. The first-order valence-corrected chi connectivity index (χ1v) is 5.05. The number of morpholine rings is 1. The van der Waals surface area contributed by atoms with E-state index < -0.39 is 0 Å². The highest BCUT2D eigenvalue weighted by molar-refractivity contribution is 5.41. The van der Waals surface area contributed by atoms with Crippen LogP contribution in [0.15, 0.2) is 18.3 Å². The maximum atomic E-state index is 5.49. The van der Waals surface area contributed by atoms with Gasteiger partial charge in [-0.15, -0.1) is 0 Å². The van der Waals surface area contributed by atoms with Crippen molar-refractivity contribution in [3.8, 4) is 0 Å². The summed E-state index contributed by atoms with van der Waals surface area (Å²) in [6, 6.07) is 4.14. The zero-order valence-electron chi connectivity index (χ0n) is 8.73. The molecule has 1 aromatic rings. The Labute approximate surface area is 84.7 Å². The van der Waals surface area contributed by atoms with E-state index in [0.717, 1.165) is 25.5 Å². The van der Waals surface area contributed by atoms with Crippen LogP contribution in [0.2, 0.25) is 0 Å². The van der Waals surface area contributed by atoms with Crippen molar-refractivity contribution in [1.82, 2.24) is 4.98 Å². The number of pyridine rings is 1. The van der Waals surface area contributed by atoms with Gasteiger partial charge in [-0.1, -0.05) is 0 Å². The van der Waals surface area contributed by atoms with Gasteiger partial charge in [0, 0.05) is 19.3 Å². The van der Waals surface area contributed by atoms with Gasteiger partial charge in [-0.3, -0.25) is 0 Å². The smallest absolute Gasteiger partial charge is 0.128 e. The number of rotatable bonds is 1. The molecule has 14 heavy (non-hydrogen) atoms. The van der Waals surface area contributed by atoms with Crippen LogP contribution >= 0.6 is 0 Å². The lowest BCUT2D eigenvalue weighted by molar-refractivity contribution is 0.0529. The first kappa shape index (κ1) is 9.46. The molecule has 0 bridgehead atoms. The summed E-state index contributed by atoms with van der Waals surface area (Å²) in [4.78, 5) is 6.65. The Balaban J connectivity index is 2.14. The van der Waals surface area contributed by atoms with Crippen molar-refractivity contribution in [2.45, 2.75) is 20.0 Å². The van der Waals surface area contributed by atoms with Crippen molar-refractivity contribution in [2.75, 3.05) is 24.6 Å². The molecule has 1 unspecified atom stereocenters. The van der Waals surface area contributed by atoms with Crippen LogP contribution in [0.3, 0.4) is 0 Å². The van der Waals surface area contributed by atoms with Gasteiger partial charge in [-0.25, -0.2) is 4.98 Å². The molecule has 0 radical (unpaired) electrons. The molecule has 2 heterocycles. The molecule has 0 spiro atoms. The van der Waals surface area contributed by atoms with Crippen LogP contribution in [0.4, 0.5) is 5.82 Å². The highest BCUT2D eigenvalue weighted by Gasteiger charge is 2.17. The Bertz CT molecular complexity index is 314. The fourth-order valence-electron chi connectivity index (χ4n) is 1.72. The van der Waals surface area contributed by atoms with E-state index in [2.05, 4.69) is 29.8 Å². The summed E-state index contributed by atoms with van der Waals surface area (Å²) in [7, 11) is 0. The largest absolute Gasteiger partial charge is 0.375 e. The highest BCUT2D eigenvalue weighted by Crippen LogP contribution is 2.15. The summed E-state index contributed by atoms with van der Waals surface area (Å²) >= 11 is 0. The maximum Gasteiger partial charge on any atom is 0.128 e. The minimum atomic E-state index is 0.311. The number of hydrogen-bond acceptors (Lipinski definition) is 3. The summed E-state index contributed by atoms with van der Waals surface area (Å²) < 4.78 is 5.49. The van der Waals surface area contributed by atoms with E-state index in [0.29, 0.717) is 6.10 Å². The monoisotopic (exact) mass is 192 g/mol. The van der Waals surface area contributed by atoms with Gasteiger partial charge in [0.2, 0.25) is 0 Å². The van der Waals surface area contributed by atoms with E-state index in [9.17, 15) is 0 Å². The van der Waals surface area contributed by atoms with Crippen molar-refractivity contribution in [3.05, 3.63) is 23.9 Å². The van der Waals surface area contributed by atoms with Crippen molar-refractivity contribution < 1.29 is 4.74 Å². The first-order valence-electron chi connectivity index (χ1n) is 5.05. The van der Waals surface area contributed by atoms with Crippen molar-refractivity contribution in [3.63, 3.8) is 0 Å². The van der Waals surface area contributed by atoms with Gasteiger partial charge in [0.15, 0.2) is 0 Å². The number of anilines is 1. The lowest BCUT2D eigenvalue weighted by Gasteiger charge is -2.32. The van der Waals surface area contributed by atoms with Crippen molar-refractivity contribution in [1.29, 1.82) is 0 Å². The standard InChI is InChI=1S/C11H16N2O/c1-9-3-4-12-11(7-9)13-5-6-14-10(2)8-13/h3-4,7,10H,5-6,8H2,1-2H3. The van der Waals surface area contributed by atoms with Gasteiger partial charge < -0.3 is 9.64 Å². The Morgan fingerprint density at radius 1 is 1.57 bits per heavy atom. The molecule has 3 heteroatoms. The molecule has 1 aliphatic rings. The van der Waals surface area contributed by atoms with E-state index in [-0.39, 0.29) is 0 Å². The van der Waals surface area contributed by atoms with Crippen LogP contribution in [0.25, 0.3) is 0 Å². The second-order valence-electron chi connectivity index (χ2n) is 3.82. The van der Waals surface area contributed by atoms with Gasteiger partial charge >= 0.3 is 0 Å². The molecular weight excluding hydrogens is 176 g/mol. The molecular formula is C11H16N2O. The van der Waals surface area contributed by atoms with Gasteiger partial charge in [-0.2, -0.15) is 0 Å². The van der Waals surface area contributed by atoms with Crippen molar-refractivity contribution >= 4 is 5.82 Å². The summed E-state index contributed by atoms with van der Waals surface area (Å²) in [5.74, 6) is 1.07. The zero-order chi connectivity index (χ0) is 9.97. The molecule has 0 amide bonds. The molecule has 0 N–H and O–H groups in total. The molecule has 1 fully saturated rings. The second kappa shape index (κ2) is 3.96. The molecule has 0 aromatic carbocycles. The van der Waals surface area contributed by atoms with E-state index in [4.69, 9.17) is 4.74 Å². The molecule has 1 atom stereocenters. The summed E-state index contributed by atoms with van der Waals surface area (Å²) in [6.07, 6.45) is 2.18. The molecule has 1 saturated heterocycles. The quantitative estimate of drug-likeness (QED) is 0.676. The van der Waals surface area contributed by atoms with Gasteiger partial charge in [0.1, 0.15) is 5.82 Å². The predicted octanol–water partition coefficient (Wildman–Crippen LogP) is 1.62. The minimum absolute atomic E-state index is 0.311. The number of nitrogens with zero attached hydrogens (tertiary/aromatic N) is 2. The molecule has 3 nitrogen and oxygen atoms in total. The average molecular weight is 192 g/mol. The average Bonchev–Trinajstić information content (AvgIpc) is 2.18. The van der Waals surface area contributed by atoms with Crippen LogP contribution in [0, 0.1) is 6.92 Å². The number of aryl methyl sites for hydroxylation is 1. The molecule has 1 aromatic heterocycles. The molecule has 0 saturated carbocycles. The van der Waals surface area contributed by atoms with Crippen LogP contribution < -0.4 is 4.90 Å². The van der Waals surface area contributed by atoms with Crippen LogP contribution in [0.5, 0.6) is 0 Å². The van der Waals surface area contributed by atoms with Crippen LogP contribution in [-0.4, -0.2) is 30.8 Å². The highest BCUT2D eigenvalue weighted by atomic mass is 16.5. The lowest BCUT2D eigenvalue weighted by atomic mass is 10.2.